The number of piperidine rings is 1. The van der Waals surface area contributed by atoms with Gasteiger partial charge in [0.2, 0.25) is 5.91 Å². The standard InChI is InChI=1S/C20H29N3OS/c1-15-7-5-6-10-18(15)22-20(25)21-17-11-13-23(14-12-17)19(24)16-8-3-2-4-9-16/h5-7,10,16-17H,2-4,8-9,11-14H2,1H3,(H2,21,22,25). The summed E-state index contributed by atoms with van der Waals surface area (Å²) in [6.07, 6.45) is 7.83. The minimum Gasteiger partial charge on any atom is -0.360 e. The van der Waals surface area contributed by atoms with Gasteiger partial charge in [0, 0.05) is 30.7 Å². The van der Waals surface area contributed by atoms with Crippen molar-refractivity contribution in [2.45, 2.75) is 57.9 Å². The van der Waals surface area contributed by atoms with E-state index in [2.05, 4.69) is 28.5 Å². The van der Waals surface area contributed by atoms with Crippen LogP contribution in [0.1, 0.15) is 50.5 Å². The molecular formula is C20H29N3OS. The lowest BCUT2D eigenvalue weighted by molar-refractivity contribution is -0.137. The van der Waals surface area contributed by atoms with E-state index >= 15 is 0 Å². The first-order chi connectivity index (χ1) is 12.1. The van der Waals surface area contributed by atoms with Crippen molar-refractivity contribution in [2.75, 3.05) is 18.4 Å². The zero-order valence-electron chi connectivity index (χ0n) is 15.1. The fourth-order valence-electron chi connectivity index (χ4n) is 3.91. The van der Waals surface area contributed by atoms with Gasteiger partial charge >= 0.3 is 0 Å². The maximum Gasteiger partial charge on any atom is 0.225 e. The van der Waals surface area contributed by atoms with Crippen LogP contribution < -0.4 is 10.6 Å². The summed E-state index contributed by atoms with van der Waals surface area (Å²) in [7, 11) is 0. The SMILES string of the molecule is Cc1ccccc1NC(=S)NC1CCN(C(=O)C2CCCCC2)CC1. The molecule has 1 heterocycles. The molecular weight excluding hydrogens is 330 g/mol. The first-order valence-electron chi connectivity index (χ1n) is 9.55. The van der Waals surface area contributed by atoms with Crippen molar-refractivity contribution < 1.29 is 4.79 Å². The molecule has 136 valence electrons. The number of anilines is 1. The predicted octanol–water partition coefficient (Wildman–Crippen LogP) is 3.85. The summed E-state index contributed by atoms with van der Waals surface area (Å²) in [5.74, 6) is 0.667. The second kappa shape index (κ2) is 8.65. The Labute approximate surface area is 156 Å². The predicted molar refractivity (Wildman–Crippen MR) is 107 cm³/mol. The number of carbonyl (C=O) groups is 1. The van der Waals surface area contributed by atoms with Crippen molar-refractivity contribution in [3.8, 4) is 0 Å². The molecule has 0 atom stereocenters. The normalized spacial score (nSPS) is 19.5. The maximum atomic E-state index is 12.6. The largest absolute Gasteiger partial charge is 0.360 e. The molecule has 2 N–H and O–H groups in total. The molecule has 0 aromatic heterocycles. The Balaban J connectivity index is 1.43. The number of para-hydroxylation sites is 1. The molecule has 0 radical (unpaired) electrons. The first kappa shape index (κ1) is 18.2. The molecule has 1 aromatic rings. The Morgan fingerprint density at radius 1 is 1.08 bits per heavy atom. The quantitative estimate of drug-likeness (QED) is 0.805. The highest BCUT2D eigenvalue weighted by atomic mass is 32.1. The van der Waals surface area contributed by atoms with Crippen LogP contribution in [0.15, 0.2) is 24.3 Å². The molecule has 0 bridgehead atoms. The number of amides is 1. The van der Waals surface area contributed by atoms with Crippen molar-refractivity contribution in [1.82, 2.24) is 10.2 Å². The highest BCUT2D eigenvalue weighted by Crippen LogP contribution is 2.26. The van der Waals surface area contributed by atoms with Gasteiger partial charge in [-0.25, -0.2) is 0 Å². The average Bonchev–Trinajstić information content (AvgIpc) is 2.64. The number of aryl methyl sites for hydroxylation is 1. The summed E-state index contributed by atoms with van der Waals surface area (Å²) in [6, 6.07) is 8.48. The van der Waals surface area contributed by atoms with Crippen LogP contribution in [0.4, 0.5) is 5.69 Å². The Morgan fingerprint density at radius 3 is 2.44 bits per heavy atom. The van der Waals surface area contributed by atoms with Gasteiger partial charge in [-0.15, -0.1) is 0 Å². The van der Waals surface area contributed by atoms with E-state index in [1.165, 1.54) is 24.8 Å². The third-order valence-electron chi connectivity index (χ3n) is 5.49. The summed E-state index contributed by atoms with van der Waals surface area (Å²) in [4.78, 5) is 14.7. The summed E-state index contributed by atoms with van der Waals surface area (Å²) in [6.45, 7) is 3.76. The maximum absolute atomic E-state index is 12.6. The van der Waals surface area contributed by atoms with Crippen molar-refractivity contribution in [1.29, 1.82) is 0 Å². The average molecular weight is 360 g/mol. The molecule has 5 heteroatoms. The van der Waals surface area contributed by atoms with E-state index in [1.54, 1.807) is 0 Å². The first-order valence-corrected chi connectivity index (χ1v) is 9.96. The molecule has 1 aromatic carbocycles. The Bertz CT molecular complexity index is 605. The van der Waals surface area contributed by atoms with Crippen LogP contribution in [0.2, 0.25) is 0 Å². The van der Waals surface area contributed by atoms with Crippen LogP contribution in [0.5, 0.6) is 0 Å². The van der Waals surface area contributed by atoms with Crippen molar-refractivity contribution in [3.05, 3.63) is 29.8 Å². The molecule has 4 nitrogen and oxygen atoms in total. The number of rotatable bonds is 3. The zero-order valence-corrected chi connectivity index (χ0v) is 15.9. The summed E-state index contributed by atoms with van der Waals surface area (Å²) in [5.41, 5.74) is 2.23. The number of nitrogens with zero attached hydrogens (tertiary/aromatic N) is 1. The lowest BCUT2D eigenvalue weighted by atomic mass is 9.87. The molecule has 2 aliphatic rings. The van der Waals surface area contributed by atoms with Crippen molar-refractivity contribution in [3.63, 3.8) is 0 Å². The van der Waals surface area contributed by atoms with E-state index in [0.717, 1.165) is 44.5 Å². The van der Waals surface area contributed by atoms with Crippen LogP contribution >= 0.6 is 12.2 Å². The second-order valence-corrected chi connectivity index (χ2v) is 7.76. The summed E-state index contributed by atoms with van der Waals surface area (Å²) >= 11 is 5.46. The third kappa shape index (κ3) is 4.94. The van der Waals surface area contributed by atoms with Gasteiger partial charge in [-0.2, -0.15) is 0 Å². The molecule has 3 rings (SSSR count). The molecule has 2 fully saturated rings. The van der Waals surface area contributed by atoms with Crippen LogP contribution in [0.3, 0.4) is 0 Å². The van der Waals surface area contributed by atoms with E-state index < -0.39 is 0 Å². The Kier molecular flexibility index (Phi) is 6.29. The monoisotopic (exact) mass is 359 g/mol. The van der Waals surface area contributed by atoms with Crippen LogP contribution in [-0.4, -0.2) is 35.1 Å². The zero-order chi connectivity index (χ0) is 17.6. The van der Waals surface area contributed by atoms with E-state index in [-0.39, 0.29) is 5.92 Å². The Hall–Kier alpha value is -1.62. The number of nitrogens with one attached hydrogen (secondary N) is 2. The highest BCUT2D eigenvalue weighted by molar-refractivity contribution is 7.80. The highest BCUT2D eigenvalue weighted by Gasteiger charge is 2.29. The fourth-order valence-corrected chi connectivity index (χ4v) is 4.19. The van der Waals surface area contributed by atoms with Crippen LogP contribution in [-0.2, 0) is 4.79 Å². The van der Waals surface area contributed by atoms with E-state index in [4.69, 9.17) is 12.2 Å². The molecule has 0 spiro atoms. The van der Waals surface area contributed by atoms with E-state index in [1.807, 2.05) is 18.2 Å². The number of hydrogen-bond donors (Lipinski definition) is 2. The number of benzene rings is 1. The van der Waals surface area contributed by atoms with Crippen molar-refractivity contribution >= 4 is 28.9 Å². The lowest BCUT2D eigenvalue weighted by Gasteiger charge is -2.35. The van der Waals surface area contributed by atoms with E-state index in [0.29, 0.717) is 17.1 Å². The van der Waals surface area contributed by atoms with Gasteiger partial charge in [0.15, 0.2) is 5.11 Å². The number of carbonyl (C=O) groups excluding carboxylic acids is 1. The molecule has 1 amide bonds. The molecule has 0 unspecified atom stereocenters. The van der Waals surface area contributed by atoms with Gasteiger partial charge in [0.1, 0.15) is 0 Å². The third-order valence-corrected chi connectivity index (χ3v) is 5.71. The van der Waals surface area contributed by atoms with Crippen LogP contribution in [0, 0.1) is 12.8 Å². The molecule has 1 aliphatic carbocycles. The molecule has 1 saturated heterocycles. The number of thiocarbonyl (C=S) groups is 1. The molecule has 25 heavy (non-hydrogen) atoms. The van der Waals surface area contributed by atoms with Gasteiger partial charge in [0.05, 0.1) is 0 Å². The number of likely N-dealkylation sites (tertiary alicyclic amines) is 1. The van der Waals surface area contributed by atoms with Gasteiger partial charge in [0.25, 0.3) is 0 Å². The van der Waals surface area contributed by atoms with E-state index in [9.17, 15) is 4.79 Å². The van der Waals surface area contributed by atoms with Gasteiger partial charge in [-0.1, -0.05) is 37.5 Å². The minimum atomic E-state index is 0.280. The number of hydrogen-bond acceptors (Lipinski definition) is 2. The van der Waals surface area contributed by atoms with Gasteiger partial charge in [-0.3, -0.25) is 4.79 Å². The van der Waals surface area contributed by atoms with Crippen LogP contribution in [0.25, 0.3) is 0 Å². The lowest BCUT2D eigenvalue weighted by Crippen LogP contribution is -2.49. The molecule has 1 aliphatic heterocycles. The van der Waals surface area contributed by atoms with Gasteiger partial charge in [-0.05, 0) is 56.5 Å². The smallest absolute Gasteiger partial charge is 0.225 e. The van der Waals surface area contributed by atoms with Gasteiger partial charge < -0.3 is 15.5 Å². The topological polar surface area (TPSA) is 44.4 Å². The minimum absolute atomic E-state index is 0.280. The summed E-state index contributed by atoms with van der Waals surface area (Å²) < 4.78 is 0. The van der Waals surface area contributed by atoms with Crippen molar-refractivity contribution in [2.24, 2.45) is 5.92 Å². The second-order valence-electron chi connectivity index (χ2n) is 7.35. The Morgan fingerprint density at radius 2 is 1.76 bits per heavy atom. The molecule has 1 saturated carbocycles. The fraction of sp³-hybridized carbons (Fsp3) is 0.600. The summed E-state index contributed by atoms with van der Waals surface area (Å²) in [5, 5.41) is 7.37.